The fraction of sp³-hybridized carbons (Fsp3) is 0.120. The Hall–Kier alpha value is -2.86. The Kier molecular flexibility index (Phi) is 7.46. The molecule has 0 N–H and O–H groups in total. The lowest BCUT2D eigenvalue weighted by molar-refractivity contribution is 1.48. The molecule has 0 radical (unpaired) electrons. The van der Waals surface area contributed by atoms with Crippen LogP contribution < -0.4 is 0 Å². The van der Waals surface area contributed by atoms with Crippen LogP contribution in [-0.4, -0.2) is 0 Å². The number of aryl methyl sites for hydroxylation is 3. The third-order valence-corrected chi connectivity index (χ3v) is 3.79. The first-order valence-electron chi connectivity index (χ1n) is 8.64. The van der Waals surface area contributed by atoms with Crippen molar-refractivity contribution in [2.24, 2.45) is 0 Å². The molecule has 0 aromatic heterocycles. The molecule has 126 valence electrons. The van der Waals surface area contributed by atoms with E-state index in [4.69, 9.17) is 0 Å². The Morgan fingerprint density at radius 1 is 0.360 bits per heavy atom. The maximum Gasteiger partial charge on any atom is -0.0181 e. The smallest absolute Gasteiger partial charge is 0.0181 e. The van der Waals surface area contributed by atoms with E-state index in [9.17, 15) is 0 Å². The lowest BCUT2D eigenvalue weighted by Gasteiger charge is -1.96. The Balaban J connectivity index is 0.000000142. The molecule has 0 saturated heterocycles. The number of hydrogen-bond donors (Lipinski definition) is 0. The van der Waals surface area contributed by atoms with Gasteiger partial charge in [0.2, 0.25) is 0 Å². The van der Waals surface area contributed by atoms with E-state index in [1.807, 2.05) is 36.4 Å². The van der Waals surface area contributed by atoms with Crippen LogP contribution in [0.25, 0.3) is 10.8 Å². The lowest BCUT2D eigenvalue weighted by Crippen LogP contribution is -1.73. The van der Waals surface area contributed by atoms with Gasteiger partial charge in [-0.1, -0.05) is 120 Å². The molecule has 0 aliphatic carbocycles. The van der Waals surface area contributed by atoms with Crippen molar-refractivity contribution in [3.8, 4) is 0 Å². The van der Waals surface area contributed by atoms with Gasteiger partial charge in [0.25, 0.3) is 0 Å². The summed E-state index contributed by atoms with van der Waals surface area (Å²) in [6.45, 7) is 6.28. The van der Waals surface area contributed by atoms with Gasteiger partial charge < -0.3 is 0 Å². The van der Waals surface area contributed by atoms with Gasteiger partial charge in [0, 0.05) is 0 Å². The molecule has 4 aromatic rings. The van der Waals surface area contributed by atoms with Gasteiger partial charge in [0.1, 0.15) is 0 Å². The van der Waals surface area contributed by atoms with Crippen LogP contribution in [0.2, 0.25) is 0 Å². The molecule has 0 heterocycles. The van der Waals surface area contributed by atoms with Crippen molar-refractivity contribution in [1.29, 1.82) is 0 Å². The number of rotatable bonds is 0. The van der Waals surface area contributed by atoms with E-state index in [0.29, 0.717) is 0 Å². The largest absolute Gasteiger partial charge is 0.0622 e. The van der Waals surface area contributed by atoms with E-state index in [1.165, 1.54) is 27.5 Å². The summed E-state index contributed by atoms with van der Waals surface area (Å²) in [5.74, 6) is 0. The van der Waals surface area contributed by atoms with Crippen LogP contribution in [0.3, 0.4) is 0 Å². The van der Waals surface area contributed by atoms with Gasteiger partial charge in [-0.25, -0.2) is 0 Å². The molecule has 0 spiro atoms. The Morgan fingerprint density at radius 3 is 1.24 bits per heavy atom. The van der Waals surface area contributed by atoms with Crippen molar-refractivity contribution in [1.82, 2.24) is 0 Å². The van der Waals surface area contributed by atoms with E-state index in [2.05, 4.69) is 87.5 Å². The predicted molar refractivity (Wildman–Crippen MR) is 111 cm³/mol. The standard InChI is InChI=1S/C11H10.2C7H8/c1-9-6-7-10-4-2-3-5-11(10)8-9;2*1-7-5-3-2-4-6-7/h2-8H,1H3;2*2-6H,1H3. The third kappa shape index (κ3) is 7.05. The van der Waals surface area contributed by atoms with E-state index >= 15 is 0 Å². The van der Waals surface area contributed by atoms with Crippen LogP contribution in [0, 0.1) is 20.8 Å². The third-order valence-electron chi connectivity index (χ3n) is 3.79. The van der Waals surface area contributed by atoms with Crippen LogP contribution in [0.15, 0.2) is 103 Å². The molecule has 0 fully saturated rings. The van der Waals surface area contributed by atoms with E-state index in [1.54, 1.807) is 0 Å². The molecule has 25 heavy (non-hydrogen) atoms. The van der Waals surface area contributed by atoms with Gasteiger partial charge >= 0.3 is 0 Å². The van der Waals surface area contributed by atoms with Crippen molar-refractivity contribution in [2.75, 3.05) is 0 Å². The molecular weight excluding hydrogens is 300 g/mol. The molecule has 0 heteroatoms. The van der Waals surface area contributed by atoms with E-state index in [-0.39, 0.29) is 0 Å². The van der Waals surface area contributed by atoms with Crippen LogP contribution in [0.5, 0.6) is 0 Å². The maximum atomic E-state index is 2.20. The van der Waals surface area contributed by atoms with Crippen LogP contribution in [-0.2, 0) is 0 Å². The first-order valence-corrected chi connectivity index (χ1v) is 8.64. The Morgan fingerprint density at radius 2 is 0.800 bits per heavy atom. The highest BCUT2D eigenvalue weighted by atomic mass is 13.9. The summed E-state index contributed by atoms with van der Waals surface area (Å²) in [5, 5.41) is 2.64. The summed E-state index contributed by atoms with van der Waals surface area (Å²) in [4.78, 5) is 0. The molecular formula is C25H26. The van der Waals surface area contributed by atoms with Gasteiger partial charge in [-0.05, 0) is 31.5 Å². The molecule has 4 rings (SSSR count). The minimum absolute atomic E-state index is 1.32. The van der Waals surface area contributed by atoms with Crippen molar-refractivity contribution < 1.29 is 0 Å². The Labute approximate surface area is 151 Å². The molecule has 4 aromatic carbocycles. The van der Waals surface area contributed by atoms with Gasteiger partial charge in [0.15, 0.2) is 0 Å². The molecule has 0 aliphatic rings. The highest BCUT2D eigenvalue weighted by Crippen LogP contribution is 2.14. The summed E-state index contributed by atoms with van der Waals surface area (Å²) in [6.07, 6.45) is 0. The van der Waals surface area contributed by atoms with Gasteiger partial charge in [-0.15, -0.1) is 0 Å². The van der Waals surface area contributed by atoms with Crippen molar-refractivity contribution in [3.05, 3.63) is 120 Å². The highest BCUT2D eigenvalue weighted by molar-refractivity contribution is 5.82. The second-order valence-electron chi connectivity index (χ2n) is 6.16. The number of benzene rings is 4. The quantitative estimate of drug-likeness (QED) is 0.322. The zero-order valence-corrected chi connectivity index (χ0v) is 15.3. The number of hydrogen-bond acceptors (Lipinski definition) is 0. The topological polar surface area (TPSA) is 0 Å². The normalized spacial score (nSPS) is 9.40. The van der Waals surface area contributed by atoms with Gasteiger partial charge in [-0.2, -0.15) is 0 Å². The molecule has 0 bridgehead atoms. The monoisotopic (exact) mass is 326 g/mol. The van der Waals surface area contributed by atoms with Crippen molar-refractivity contribution in [2.45, 2.75) is 20.8 Å². The molecule has 0 atom stereocenters. The average Bonchev–Trinajstić information content (AvgIpc) is 2.64. The zero-order valence-electron chi connectivity index (χ0n) is 15.3. The summed E-state index contributed by atoms with van der Waals surface area (Å²) < 4.78 is 0. The van der Waals surface area contributed by atoms with E-state index in [0.717, 1.165) is 0 Å². The minimum Gasteiger partial charge on any atom is -0.0622 e. The molecule has 0 saturated carbocycles. The minimum atomic E-state index is 1.32. The zero-order chi connectivity index (χ0) is 17.9. The second kappa shape index (κ2) is 10.1. The number of fused-ring (bicyclic) bond motifs is 1. The molecule has 0 unspecified atom stereocenters. The van der Waals surface area contributed by atoms with E-state index < -0.39 is 0 Å². The predicted octanol–water partition coefficient (Wildman–Crippen LogP) is 7.14. The fourth-order valence-electron chi connectivity index (χ4n) is 2.38. The molecule has 0 aliphatic heterocycles. The summed E-state index contributed by atoms with van der Waals surface area (Å²) >= 11 is 0. The highest BCUT2D eigenvalue weighted by Gasteiger charge is 1.89. The first kappa shape index (κ1) is 18.5. The van der Waals surface area contributed by atoms with Gasteiger partial charge in [0.05, 0.1) is 0 Å². The summed E-state index contributed by atoms with van der Waals surface area (Å²) in [6, 6.07) is 35.4. The van der Waals surface area contributed by atoms with Gasteiger partial charge in [-0.3, -0.25) is 0 Å². The molecule has 0 nitrogen and oxygen atoms in total. The maximum absolute atomic E-state index is 2.20. The summed E-state index contributed by atoms with van der Waals surface area (Å²) in [7, 11) is 0. The van der Waals surface area contributed by atoms with Crippen molar-refractivity contribution >= 4 is 10.8 Å². The van der Waals surface area contributed by atoms with Crippen LogP contribution in [0.4, 0.5) is 0 Å². The summed E-state index contributed by atoms with van der Waals surface area (Å²) in [5.41, 5.74) is 3.97. The van der Waals surface area contributed by atoms with Crippen LogP contribution in [0.1, 0.15) is 16.7 Å². The Bertz CT molecular complexity index is 824. The van der Waals surface area contributed by atoms with Crippen molar-refractivity contribution in [3.63, 3.8) is 0 Å². The molecule has 0 amide bonds. The SMILES string of the molecule is Cc1ccc2ccccc2c1.Cc1ccccc1.Cc1ccccc1. The second-order valence-corrected chi connectivity index (χ2v) is 6.16. The van der Waals surface area contributed by atoms with Crippen LogP contribution >= 0.6 is 0 Å². The first-order chi connectivity index (χ1) is 12.1. The fourth-order valence-corrected chi connectivity index (χ4v) is 2.38. The lowest BCUT2D eigenvalue weighted by atomic mass is 10.1. The average molecular weight is 326 g/mol.